The molecule has 0 aliphatic carbocycles. The highest BCUT2D eigenvalue weighted by Gasteiger charge is 2.17. The fourth-order valence-electron chi connectivity index (χ4n) is 2.01. The van der Waals surface area contributed by atoms with Gasteiger partial charge in [0.1, 0.15) is 5.03 Å². The van der Waals surface area contributed by atoms with Crippen LogP contribution in [0.4, 0.5) is 0 Å². The first kappa shape index (κ1) is 14.4. The van der Waals surface area contributed by atoms with Gasteiger partial charge in [-0.25, -0.2) is 4.98 Å². The van der Waals surface area contributed by atoms with Crippen molar-refractivity contribution < 1.29 is 0 Å². The number of benzene rings is 1. The van der Waals surface area contributed by atoms with E-state index in [1.54, 1.807) is 0 Å². The summed E-state index contributed by atoms with van der Waals surface area (Å²) in [6.07, 6.45) is 0.871. The largest absolute Gasteiger partial charge is 0.328 e. The second-order valence-electron chi connectivity index (χ2n) is 6.04. The molecule has 19 heavy (non-hydrogen) atoms. The zero-order chi connectivity index (χ0) is 14.0. The third-order valence-electron chi connectivity index (χ3n) is 2.71. The van der Waals surface area contributed by atoms with Gasteiger partial charge in [-0.15, -0.1) is 11.8 Å². The molecule has 1 heterocycles. The Labute approximate surface area is 119 Å². The normalized spacial score (nSPS) is 13.7. The number of fused-ring (bicyclic) bond motifs is 1. The van der Waals surface area contributed by atoms with E-state index in [9.17, 15) is 0 Å². The minimum absolute atomic E-state index is 0.155. The van der Waals surface area contributed by atoms with E-state index in [-0.39, 0.29) is 10.8 Å². The number of aromatic nitrogens is 1. The zero-order valence-electron chi connectivity index (χ0n) is 12.1. The SMILES string of the molecule is CC(N)Cc1cc2ccccc2nc1SC(C)(C)C. The van der Waals surface area contributed by atoms with E-state index in [0.717, 1.165) is 17.0 Å². The van der Waals surface area contributed by atoms with Crippen molar-refractivity contribution in [3.63, 3.8) is 0 Å². The molecule has 0 aliphatic rings. The molecule has 0 saturated heterocycles. The lowest BCUT2D eigenvalue weighted by molar-refractivity contribution is 0.721. The van der Waals surface area contributed by atoms with Crippen LogP contribution in [0.3, 0.4) is 0 Å². The van der Waals surface area contributed by atoms with Crippen molar-refractivity contribution in [1.82, 2.24) is 4.98 Å². The Balaban J connectivity index is 2.50. The second kappa shape index (κ2) is 5.51. The number of pyridine rings is 1. The van der Waals surface area contributed by atoms with Gasteiger partial charge >= 0.3 is 0 Å². The summed E-state index contributed by atoms with van der Waals surface area (Å²) < 4.78 is 0.155. The van der Waals surface area contributed by atoms with Crippen LogP contribution in [0.25, 0.3) is 10.9 Å². The average Bonchev–Trinajstić information content (AvgIpc) is 2.27. The Kier molecular flexibility index (Phi) is 4.16. The molecule has 0 fully saturated rings. The van der Waals surface area contributed by atoms with Gasteiger partial charge in [0.05, 0.1) is 5.52 Å². The Morgan fingerprint density at radius 1 is 1.26 bits per heavy atom. The molecule has 1 aromatic carbocycles. The summed E-state index contributed by atoms with van der Waals surface area (Å²) in [7, 11) is 0. The molecule has 1 atom stereocenters. The average molecular weight is 274 g/mol. The fraction of sp³-hybridized carbons (Fsp3) is 0.438. The number of nitrogens with zero attached hydrogens (tertiary/aromatic N) is 1. The van der Waals surface area contributed by atoms with Gasteiger partial charge in [-0.1, -0.05) is 39.0 Å². The van der Waals surface area contributed by atoms with Crippen LogP contribution in [0.1, 0.15) is 33.3 Å². The summed E-state index contributed by atoms with van der Waals surface area (Å²) in [5.74, 6) is 0. The van der Waals surface area contributed by atoms with Crippen molar-refractivity contribution >= 4 is 22.7 Å². The van der Waals surface area contributed by atoms with Crippen LogP contribution in [0, 0.1) is 0 Å². The minimum atomic E-state index is 0.155. The van der Waals surface area contributed by atoms with Crippen LogP contribution in [0.2, 0.25) is 0 Å². The van der Waals surface area contributed by atoms with Crippen LogP contribution >= 0.6 is 11.8 Å². The Bertz CT molecular complexity index is 570. The number of rotatable bonds is 3. The molecule has 0 aliphatic heterocycles. The van der Waals surface area contributed by atoms with E-state index < -0.39 is 0 Å². The lowest BCUT2D eigenvalue weighted by atomic mass is 10.1. The first-order valence-corrected chi connectivity index (χ1v) is 7.50. The lowest BCUT2D eigenvalue weighted by Gasteiger charge is -2.20. The third kappa shape index (κ3) is 3.95. The van der Waals surface area contributed by atoms with Gasteiger partial charge in [0.15, 0.2) is 0 Å². The smallest absolute Gasteiger partial charge is 0.100 e. The maximum atomic E-state index is 5.96. The first-order valence-electron chi connectivity index (χ1n) is 6.68. The maximum absolute atomic E-state index is 5.96. The van der Waals surface area contributed by atoms with Crippen LogP contribution in [-0.4, -0.2) is 15.8 Å². The van der Waals surface area contributed by atoms with Crippen molar-refractivity contribution in [2.75, 3.05) is 0 Å². The Morgan fingerprint density at radius 3 is 2.58 bits per heavy atom. The van der Waals surface area contributed by atoms with Crippen molar-refractivity contribution in [1.29, 1.82) is 0 Å². The monoisotopic (exact) mass is 274 g/mol. The summed E-state index contributed by atoms with van der Waals surface area (Å²) in [6.45, 7) is 8.68. The molecule has 102 valence electrons. The predicted octanol–water partition coefficient (Wildman–Crippen LogP) is 4.02. The molecular formula is C16H22N2S. The summed E-state index contributed by atoms with van der Waals surface area (Å²) >= 11 is 1.82. The molecule has 0 spiro atoms. The molecule has 1 aromatic heterocycles. The Hall–Kier alpha value is -1.06. The molecule has 1 unspecified atom stereocenters. The van der Waals surface area contributed by atoms with E-state index in [4.69, 9.17) is 10.7 Å². The van der Waals surface area contributed by atoms with Crippen molar-refractivity contribution in [2.45, 2.75) is 49.9 Å². The molecule has 2 rings (SSSR count). The summed E-state index contributed by atoms with van der Waals surface area (Å²) in [4.78, 5) is 4.82. The van der Waals surface area contributed by atoms with Crippen molar-refractivity contribution in [2.24, 2.45) is 5.73 Å². The first-order chi connectivity index (χ1) is 8.85. The standard InChI is InChI=1S/C16H22N2S/c1-11(17)9-13-10-12-7-5-6-8-14(12)18-15(13)19-16(2,3)4/h5-8,10-11H,9,17H2,1-4H3. The Morgan fingerprint density at radius 2 is 1.95 bits per heavy atom. The van der Waals surface area contributed by atoms with E-state index >= 15 is 0 Å². The van der Waals surface area contributed by atoms with Crippen molar-refractivity contribution in [3.05, 3.63) is 35.9 Å². The highest BCUT2D eigenvalue weighted by atomic mass is 32.2. The second-order valence-corrected chi connectivity index (χ2v) is 7.86. The van der Waals surface area contributed by atoms with Crippen LogP contribution in [0.15, 0.2) is 35.4 Å². The molecule has 2 aromatic rings. The molecule has 0 bridgehead atoms. The number of hydrogen-bond acceptors (Lipinski definition) is 3. The zero-order valence-corrected chi connectivity index (χ0v) is 12.9. The molecule has 3 heteroatoms. The van der Waals surface area contributed by atoms with Crippen LogP contribution < -0.4 is 5.73 Å². The van der Waals surface area contributed by atoms with Gasteiger partial charge < -0.3 is 5.73 Å². The lowest BCUT2D eigenvalue weighted by Crippen LogP contribution is -2.19. The summed E-state index contributed by atoms with van der Waals surface area (Å²) in [6, 6.07) is 10.7. The number of hydrogen-bond donors (Lipinski definition) is 1. The van der Waals surface area contributed by atoms with Gasteiger partial charge in [0.25, 0.3) is 0 Å². The molecule has 0 saturated carbocycles. The third-order valence-corrected chi connectivity index (χ3v) is 3.87. The maximum Gasteiger partial charge on any atom is 0.100 e. The van der Waals surface area contributed by atoms with Crippen LogP contribution in [-0.2, 0) is 6.42 Å². The molecular weight excluding hydrogens is 252 g/mol. The molecule has 2 N–H and O–H groups in total. The number of thioether (sulfide) groups is 1. The molecule has 2 nitrogen and oxygen atoms in total. The summed E-state index contributed by atoms with van der Waals surface area (Å²) in [5, 5.41) is 2.31. The van der Waals surface area contributed by atoms with E-state index in [1.165, 1.54) is 10.9 Å². The number of nitrogens with two attached hydrogens (primary N) is 1. The van der Waals surface area contributed by atoms with Crippen molar-refractivity contribution in [3.8, 4) is 0 Å². The van der Waals surface area contributed by atoms with Gasteiger partial charge in [0, 0.05) is 16.2 Å². The van der Waals surface area contributed by atoms with Gasteiger partial charge in [-0.2, -0.15) is 0 Å². The minimum Gasteiger partial charge on any atom is -0.328 e. The molecule has 0 amide bonds. The number of para-hydroxylation sites is 1. The van der Waals surface area contributed by atoms with Gasteiger partial charge in [0.2, 0.25) is 0 Å². The quantitative estimate of drug-likeness (QED) is 0.859. The van der Waals surface area contributed by atoms with Gasteiger partial charge in [-0.05, 0) is 31.0 Å². The van der Waals surface area contributed by atoms with E-state index in [2.05, 4.69) is 45.0 Å². The molecule has 0 radical (unpaired) electrons. The highest BCUT2D eigenvalue weighted by molar-refractivity contribution is 8.00. The highest BCUT2D eigenvalue weighted by Crippen LogP contribution is 2.34. The van der Waals surface area contributed by atoms with Crippen LogP contribution in [0.5, 0.6) is 0 Å². The van der Waals surface area contributed by atoms with E-state index in [0.29, 0.717) is 0 Å². The van der Waals surface area contributed by atoms with Gasteiger partial charge in [-0.3, -0.25) is 0 Å². The van der Waals surface area contributed by atoms with E-state index in [1.807, 2.05) is 24.8 Å². The predicted molar refractivity (Wildman–Crippen MR) is 84.7 cm³/mol. The summed E-state index contributed by atoms with van der Waals surface area (Å²) in [5.41, 5.74) is 8.28. The topological polar surface area (TPSA) is 38.9 Å². The fourth-order valence-corrected chi connectivity index (χ4v) is 3.01.